The third-order valence-corrected chi connectivity index (χ3v) is 5.07. The van der Waals surface area contributed by atoms with Gasteiger partial charge in [0.15, 0.2) is 0 Å². The van der Waals surface area contributed by atoms with Crippen molar-refractivity contribution >= 4 is 5.91 Å². The van der Waals surface area contributed by atoms with Gasteiger partial charge in [-0.3, -0.25) is 9.69 Å². The minimum atomic E-state index is -2.84. The highest BCUT2D eigenvalue weighted by molar-refractivity contribution is 5.82. The fourth-order valence-corrected chi connectivity index (χ4v) is 3.73. The Morgan fingerprint density at radius 2 is 1.79 bits per heavy atom. The Kier molecular flexibility index (Phi) is 6.62. The van der Waals surface area contributed by atoms with E-state index in [2.05, 4.69) is 47.0 Å². The van der Waals surface area contributed by atoms with Gasteiger partial charge in [0.25, 0.3) is 0 Å². The molecule has 0 radical (unpaired) electrons. The van der Waals surface area contributed by atoms with Crippen molar-refractivity contribution in [3.63, 3.8) is 0 Å². The van der Waals surface area contributed by atoms with E-state index in [0.717, 1.165) is 25.1 Å². The number of halogens is 2. The van der Waals surface area contributed by atoms with E-state index in [1.54, 1.807) is 12.1 Å². The van der Waals surface area contributed by atoms with E-state index in [1.807, 2.05) is 6.07 Å². The highest BCUT2D eigenvalue weighted by atomic mass is 19.3. The zero-order valence-corrected chi connectivity index (χ0v) is 16.2. The normalized spacial score (nSPS) is 15.4. The fraction of sp³-hybridized carbons (Fsp3) is 0.409. The molecule has 0 aliphatic carbocycles. The van der Waals surface area contributed by atoms with Gasteiger partial charge >= 0.3 is 6.61 Å². The van der Waals surface area contributed by atoms with Crippen LogP contribution in [0.15, 0.2) is 48.5 Å². The zero-order valence-electron chi connectivity index (χ0n) is 16.2. The van der Waals surface area contributed by atoms with Gasteiger partial charge in [0.2, 0.25) is 5.91 Å². The van der Waals surface area contributed by atoms with Crippen LogP contribution in [0, 0.1) is 5.92 Å². The van der Waals surface area contributed by atoms with Gasteiger partial charge in [0, 0.05) is 19.6 Å². The quantitative estimate of drug-likeness (QED) is 0.780. The lowest BCUT2D eigenvalue weighted by Gasteiger charge is -2.36. The number of carbonyl (C=O) groups excluding carboxylic acids is 1. The SMILES string of the molecule is CC(C)C(C(=O)NCc1ccc(OC(F)F)cc1)N1CCc2ccccc2C1. The first kappa shape index (κ1) is 20.3. The molecular formula is C22H26F2N2O2. The molecule has 4 nitrogen and oxygen atoms in total. The highest BCUT2D eigenvalue weighted by Crippen LogP contribution is 2.23. The summed E-state index contributed by atoms with van der Waals surface area (Å²) >= 11 is 0. The van der Waals surface area contributed by atoms with Gasteiger partial charge in [-0.1, -0.05) is 50.2 Å². The minimum absolute atomic E-state index is 0.0118. The molecule has 0 saturated carbocycles. The summed E-state index contributed by atoms with van der Waals surface area (Å²) in [7, 11) is 0. The molecular weight excluding hydrogens is 362 g/mol. The predicted octanol–water partition coefficient (Wildman–Crippen LogP) is 3.99. The number of alkyl halides is 2. The molecule has 2 aromatic carbocycles. The van der Waals surface area contributed by atoms with Crippen molar-refractivity contribution in [1.82, 2.24) is 10.2 Å². The molecule has 2 aromatic rings. The second kappa shape index (κ2) is 9.15. The molecule has 1 aliphatic rings. The van der Waals surface area contributed by atoms with Crippen LogP contribution in [0.2, 0.25) is 0 Å². The first-order valence-corrected chi connectivity index (χ1v) is 9.56. The van der Waals surface area contributed by atoms with Crippen LogP contribution in [0.3, 0.4) is 0 Å². The van der Waals surface area contributed by atoms with Crippen LogP contribution in [0.4, 0.5) is 8.78 Å². The van der Waals surface area contributed by atoms with Crippen LogP contribution < -0.4 is 10.1 Å². The van der Waals surface area contributed by atoms with E-state index in [-0.39, 0.29) is 23.6 Å². The first-order valence-electron chi connectivity index (χ1n) is 9.56. The molecule has 150 valence electrons. The van der Waals surface area contributed by atoms with Crippen molar-refractivity contribution in [2.75, 3.05) is 6.54 Å². The average Bonchev–Trinajstić information content (AvgIpc) is 2.67. The lowest BCUT2D eigenvalue weighted by molar-refractivity contribution is -0.128. The third-order valence-electron chi connectivity index (χ3n) is 5.07. The molecule has 0 fully saturated rings. The fourth-order valence-electron chi connectivity index (χ4n) is 3.73. The molecule has 0 saturated heterocycles. The number of hydrogen-bond acceptors (Lipinski definition) is 3. The Morgan fingerprint density at radius 3 is 2.43 bits per heavy atom. The molecule has 0 aromatic heterocycles. The van der Waals surface area contributed by atoms with Gasteiger partial charge in [-0.05, 0) is 41.2 Å². The summed E-state index contributed by atoms with van der Waals surface area (Å²) < 4.78 is 28.8. The summed E-state index contributed by atoms with van der Waals surface area (Å²) in [6.07, 6.45) is 0.943. The van der Waals surface area contributed by atoms with E-state index >= 15 is 0 Å². The Labute approximate surface area is 164 Å². The zero-order chi connectivity index (χ0) is 20.1. The monoisotopic (exact) mass is 388 g/mol. The first-order chi connectivity index (χ1) is 13.4. The van der Waals surface area contributed by atoms with E-state index in [1.165, 1.54) is 23.3 Å². The van der Waals surface area contributed by atoms with Gasteiger partial charge < -0.3 is 10.1 Å². The van der Waals surface area contributed by atoms with E-state index < -0.39 is 6.61 Å². The van der Waals surface area contributed by atoms with Crippen LogP contribution in [-0.4, -0.2) is 30.0 Å². The molecule has 3 rings (SSSR count). The Morgan fingerprint density at radius 1 is 1.11 bits per heavy atom. The number of hydrogen-bond donors (Lipinski definition) is 1. The van der Waals surface area contributed by atoms with E-state index in [0.29, 0.717) is 6.54 Å². The standard InChI is InChI=1S/C22H26F2N2O2/c1-15(2)20(26-12-11-17-5-3-4-6-18(17)14-26)21(27)25-13-16-7-9-19(10-8-16)28-22(23)24/h3-10,15,20,22H,11-14H2,1-2H3,(H,25,27). The Balaban J connectivity index is 1.61. The number of nitrogens with zero attached hydrogens (tertiary/aromatic N) is 1. The molecule has 28 heavy (non-hydrogen) atoms. The van der Waals surface area contributed by atoms with Gasteiger partial charge in [0.05, 0.1) is 6.04 Å². The lowest BCUT2D eigenvalue weighted by Crippen LogP contribution is -2.51. The molecule has 1 N–H and O–H groups in total. The third kappa shape index (κ3) is 5.07. The summed E-state index contributed by atoms with van der Waals surface area (Å²) in [5.41, 5.74) is 3.47. The van der Waals surface area contributed by atoms with Crippen LogP contribution >= 0.6 is 0 Å². The molecule has 1 aliphatic heterocycles. The number of nitrogens with one attached hydrogen (secondary N) is 1. The van der Waals surface area contributed by atoms with Crippen molar-refractivity contribution in [3.05, 3.63) is 65.2 Å². The topological polar surface area (TPSA) is 41.6 Å². The molecule has 1 unspecified atom stereocenters. The number of carbonyl (C=O) groups is 1. The number of benzene rings is 2. The molecule has 0 bridgehead atoms. The number of ether oxygens (including phenoxy) is 1. The molecule has 1 amide bonds. The van der Waals surface area contributed by atoms with Crippen LogP contribution in [0.25, 0.3) is 0 Å². The maximum absolute atomic E-state index is 12.9. The van der Waals surface area contributed by atoms with Crippen LogP contribution in [0.5, 0.6) is 5.75 Å². The maximum atomic E-state index is 12.9. The predicted molar refractivity (Wildman–Crippen MR) is 104 cm³/mol. The van der Waals surface area contributed by atoms with Crippen LogP contribution in [0.1, 0.15) is 30.5 Å². The molecule has 6 heteroatoms. The largest absolute Gasteiger partial charge is 0.435 e. The summed E-state index contributed by atoms with van der Waals surface area (Å²) in [4.78, 5) is 15.1. The lowest BCUT2D eigenvalue weighted by atomic mass is 9.94. The summed E-state index contributed by atoms with van der Waals surface area (Å²) in [6.45, 7) is 3.25. The number of fused-ring (bicyclic) bond motifs is 1. The highest BCUT2D eigenvalue weighted by Gasteiger charge is 2.31. The van der Waals surface area contributed by atoms with Gasteiger partial charge in [0.1, 0.15) is 5.75 Å². The van der Waals surface area contributed by atoms with Crippen LogP contribution in [-0.2, 0) is 24.3 Å². The molecule has 1 heterocycles. The van der Waals surface area contributed by atoms with Gasteiger partial charge in [-0.15, -0.1) is 0 Å². The summed E-state index contributed by atoms with van der Waals surface area (Å²) in [6, 6.07) is 14.5. The number of amides is 1. The Hall–Kier alpha value is -2.47. The van der Waals surface area contributed by atoms with Crippen molar-refractivity contribution in [2.45, 2.75) is 46.0 Å². The summed E-state index contributed by atoms with van der Waals surface area (Å²) in [5, 5.41) is 2.99. The van der Waals surface area contributed by atoms with Gasteiger partial charge in [-0.25, -0.2) is 0 Å². The van der Waals surface area contributed by atoms with Crippen molar-refractivity contribution in [1.29, 1.82) is 0 Å². The van der Waals surface area contributed by atoms with Crippen molar-refractivity contribution in [3.8, 4) is 5.75 Å². The van der Waals surface area contributed by atoms with E-state index in [9.17, 15) is 13.6 Å². The second-order valence-electron chi connectivity index (χ2n) is 7.42. The maximum Gasteiger partial charge on any atom is 0.387 e. The smallest absolute Gasteiger partial charge is 0.387 e. The molecule has 1 atom stereocenters. The average molecular weight is 388 g/mol. The van der Waals surface area contributed by atoms with Crippen molar-refractivity contribution in [2.24, 2.45) is 5.92 Å². The Bertz CT molecular complexity index is 793. The minimum Gasteiger partial charge on any atom is -0.435 e. The van der Waals surface area contributed by atoms with E-state index in [4.69, 9.17) is 0 Å². The van der Waals surface area contributed by atoms with Gasteiger partial charge in [-0.2, -0.15) is 8.78 Å². The summed E-state index contributed by atoms with van der Waals surface area (Å²) in [5.74, 6) is 0.270. The second-order valence-corrected chi connectivity index (χ2v) is 7.42. The molecule has 0 spiro atoms. The number of rotatable bonds is 7. The van der Waals surface area contributed by atoms with Crippen molar-refractivity contribution < 1.29 is 18.3 Å².